The van der Waals surface area contributed by atoms with Crippen LogP contribution in [0.1, 0.15) is 16.7 Å². The highest BCUT2D eigenvalue weighted by Gasteiger charge is 2.20. The van der Waals surface area contributed by atoms with Crippen LogP contribution in [0.15, 0.2) is 36.4 Å². The zero-order valence-electron chi connectivity index (χ0n) is 10.9. The van der Waals surface area contributed by atoms with Gasteiger partial charge in [-0.3, -0.25) is 0 Å². The van der Waals surface area contributed by atoms with Crippen molar-refractivity contribution in [1.29, 1.82) is 5.26 Å². The number of nitriles is 1. The highest BCUT2D eigenvalue weighted by atomic mass is 19.1. The lowest BCUT2D eigenvalue weighted by Gasteiger charge is -2.31. The molecule has 1 aliphatic rings. The van der Waals surface area contributed by atoms with Crippen LogP contribution in [-0.4, -0.2) is 6.54 Å². The molecule has 0 saturated carbocycles. The fourth-order valence-electron chi connectivity index (χ4n) is 2.67. The summed E-state index contributed by atoms with van der Waals surface area (Å²) in [6, 6.07) is 12.6. The Bertz CT molecular complexity index is 703. The number of nitrogens with zero attached hydrogens (tertiary/aromatic N) is 2. The van der Waals surface area contributed by atoms with Crippen molar-refractivity contribution in [3.63, 3.8) is 0 Å². The number of benzene rings is 2. The second-order valence-corrected chi connectivity index (χ2v) is 4.95. The molecule has 1 aliphatic heterocycles. The van der Waals surface area contributed by atoms with Gasteiger partial charge in [-0.1, -0.05) is 12.1 Å². The third kappa shape index (κ3) is 2.08. The molecule has 0 radical (unpaired) electrons. The molecule has 0 spiro atoms. The smallest absolute Gasteiger partial charge is 0.143 e. The van der Waals surface area contributed by atoms with Gasteiger partial charge in [0.1, 0.15) is 17.4 Å². The van der Waals surface area contributed by atoms with E-state index in [9.17, 15) is 4.39 Å². The molecule has 4 heteroatoms. The quantitative estimate of drug-likeness (QED) is 0.808. The van der Waals surface area contributed by atoms with Gasteiger partial charge in [-0.05, 0) is 41.8 Å². The first-order chi connectivity index (χ1) is 9.69. The average Bonchev–Trinajstić information content (AvgIpc) is 2.46. The molecule has 0 aromatic heterocycles. The zero-order valence-corrected chi connectivity index (χ0v) is 10.9. The van der Waals surface area contributed by atoms with E-state index >= 15 is 0 Å². The van der Waals surface area contributed by atoms with Crippen LogP contribution in [0.3, 0.4) is 0 Å². The van der Waals surface area contributed by atoms with Crippen LogP contribution in [0.4, 0.5) is 15.8 Å². The van der Waals surface area contributed by atoms with E-state index in [0.717, 1.165) is 24.2 Å². The minimum atomic E-state index is -0.469. The van der Waals surface area contributed by atoms with E-state index in [1.807, 2.05) is 29.2 Å². The van der Waals surface area contributed by atoms with Crippen LogP contribution in [0.25, 0.3) is 0 Å². The first-order valence-corrected chi connectivity index (χ1v) is 6.50. The van der Waals surface area contributed by atoms with Crippen molar-refractivity contribution in [1.82, 2.24) is 0 Å². The van der Waals surface area contributed by atoms with Gasteiger partial charge in [-0.2, -0.15) is 5.26 Å². The van der Waals surface area contributed by atoms with Crippen LogP contribution < -0.4 is 10.6 Å². The summed E-state index contributed by atoms with van der Waals surface area (Å²) >= 11 is 0. The van der Waals surface area contributed by atoms with Crippen molar-refractivity contribution in [2.75, 3.05) is 17.2 Å². The van der Waals surface area contributed by atoms with E-state index in [1.54, 1.807) is 12.1 Å². The van der Waals surface area contributed by atoms with Crippen LogP contribution in [0.2, 0.25) is 0 Å². The third-order valence-corrected chi connectivity index (χ3v) is 3.69. The van der Waals surface area contributed by atoms with Gasteiger partial charge in [-0.25, -0.2) is 4.39 Å². The summed E-state index contributed by atoms with van der Waals surface area (Å²) in [7, 11) is 0. The maximum Gasteiger partial charge on any atom is 0.143 e. The van der Waals surface area contributed by atoms with Crippen molar-refractivity contribution in [2.45, 2.75) is 13.0 Å². The van der Waals surface area contributed by atoms with Crippen LogP contribution >= 0.6 is 0 Å². The molecule has 0 aliphatic carbocycles. The Morgan fingerprint density at radius 2 is 2.05 bits per heavy atom. The second-order valence-electron chi connectivity index (χ2n) is 4.95. The Morgan fingerprint density at radius 1 is 1.20 bits per heavy atom. The fraction of sp³-hybridized carbons (Fsp3) is 0.188. The monoisotopic (exact) mass is 267 g/mol. The third-order valence-electron chi connectivity index (χ3n) is 3.69. The molecule has 0 bridgehead atoms. The molecule has 0 fully saturated rings. The van der Waals surface area contributed by atoms with Gasteiger partial charge in [0.25, 0.3) is 0 Å². The van der Waals surface area contributed by atoms with Gasteiger partial charge < -0.3 is 10.6 Å². The second kappa shape index (κ2) is 4.86. The van der Waals surface area contributed by atoms with Crippen LogP contribution in [0.5, 0.6) is 0 Å². The molecule has 2 aromatic rings. The van der Waals surface area contributed by atoms with E-state index in [-0.39, 0.29) is 5.56 Å². The van der Waals surface area contributed by atoms with E-state index in [4.69, 9.17) is 11.0 Å². The molecule has 1 heterocycles. The van der Waals surface area contributed by atoms with Gasteiger partial charge in [0, 0.05) is 18.8 Å². The average molecular weight is 267 g/mol. The van der Waals surface area contributed by atoms with Crippen molar-refractivity contribution in [2.24, 2.45) is 0 Å². The number of rotatable bonds is 1. The van der Waals surface area contributed by atoms with Gasteiger partial charge >= 0.3 is 0 Å². The SMILES string of the molecule is N#Cc1c(F)cccc1N1CCc2ccc(N)cc2C1. The lowest BCUT2D eigenvalue weighted by molar-refractivity contribution is 0.621. The Hall–Kier alpha value is -2.54. The molecule has 0 amide bonds. The molecule has 0 unspecified atom stereocenters. The Morgan fingerprint density at radius 3 is 2.85 bits per heavy atom. The molecular formula is C16H14FN3. The van der Waals surface area contributed by atoms with Gasteiger partial charge in [0.05, 0.1) is 5.69 Å². The molecule has 2 aromatic carbocycles. The topological polar surface area (TPSA) is 53.0 Å². The summed E-state index contributed by atoms with van der Waals surface area (Å²) in [5.74, 6) is -0.469. The highest BCUT2D eigenvalue weighted by Crippen LogP contribution is 2.29. The zero-order chi connectivity index (χ0) is 14.1. The van der Waals surface area contributed by atoms with E-state index in [1.165, 1.54) is 11.6 Å². The fourth-order valence-corrected chi connectivity index (χ4v) is 2.67. The number of nitrogen functional groups attached to an aromatic ring is 1. The molecule has 0 atom stereocenters. The molecule has 2 N–H and O–H groups in total. The lowest BCUT2D eigenvalue weighted by atomic mass is 9.98. The summed E-state index contributed by atoms with van der Waals surface area (Å²) in [5, 5.41) is 9.13. The van der Waals surface area contributed by atoms with Gasteiger partial charge in [-0.15, -0.1) is 0 Å². The van der Waals surface area contributed by atoms with Crippen molar-refractivity contribution >= 4 is 11.4 Å². The summed E-state index contributed by atoms with van der Waals surface area (Å²) in [5.41, 5.74) is 9.72. The van der Waals surface area contributed by atoms with E-state index < -0.39 is 5.82 Å². The van der Waals surface area contributed by atoms with Crippen molar-refractivity contribution in [3.05, 3.63) is 58.9 Å². The van der Waals surface area contributed by atoms with Gasteiger partial charge in [0.15, 0.2) is 0 Å². The minimum Gasteiger partial charge on any atom is -0.399 e. The van der Waals surface area contributed by atoms with E-state index in [0.29, 0.717) is 12.2 Å². The number of anilines is 2. The molecule has 100 valence electrons. The Balaban J connectivity index is 1.99. The molecule has 3 rings (SSSR count). The summed E-state index contributed by atoms with van der Waals surface area (Å²) in [4.78, 5) is 2.03. The maximum absolute atomic E-state index is 13.7. The minimum absolute atomic E-state index is 0.111. The summed E-state index contributed by atoms with van der Waals surface area (Å²) < 4.78 is 13.7. The largest absolute Gasteiger partial charge is 0.399 e. The molecule has 0 saturated heterocycles. The van der Waals surface area contributed by atoms with Crippen molar-refractivity contribution in [3.8, 4) is 6.07 Å². The maximum atomic E-state index is 13.7. The molecule has 20 heavy (non-hydrogen) atoms. The summed E-state index contributed by atoms with van der Waals surface area (Å²) in [6.07, 6.45) is 0.872. The van der Waals surface area contributed by atoms with Gasteiger partial charge in [0.2, 0.25) is 0 Å². The van der Waals surface area contributed by atoms with E-state index in [2.05, 4.69) is 0 Å². The lowest BCUT2D eigenvalue weighted by Crippen LogP contribution is -2.31. The number of hydrogen-bond donors (Lipinski definition) is 1. The number of nitrogens with two attached hydrogens (primary N) is 1. The number of hydrogen-bond acceptors (Lipinski definition) is 3. The predicted octanol–water partition coefficient (Wildman–Crippen LogP) is 2.84. The van der Waals surface area contributed by atoms with Crippen molar-refractivity contribution < 1.29 is 4.39 Å². The first-order valence-electron chi connectivity index (χ1n) is 6.50. The van der Waals surface area contributed by atoms with Crippen LogP contribution in [-0.2, 0) is 13.0 Å². The predicted molar refractivity (Wildman–Crippen MR) is 76.7 cm³/mol. The number of halogens is 1. The molecular weight excluding hydrogens is 253 g/mol. The van der Waals surface area contributed by atoms with Crippen LogP contribution in [0, 0.1) is 17.1 Å². The first kappa shape index (κ1) is 12.5. The standard InChI is InChI=1S/C16H14FN3/c17-15-2-1-3-16(14(15)9-18)20-7-6-11-4-5-13(19)8-12(11)10-20/h1-5,8H,6-7,10,19H2. The summed E-state index contributed by atoms with van der Waals surface area (Å²) in [6.45, 7) is 1.42. The Labute approximate surface area is 117 Å². The number of fused-ring (bicyclic) bond motifs is 1. The highest BCUT2D eigenvalue weighted by molar-refractivity contribution is 5.61. The Kier molecular flexibility index (Phi) is 3.03. The molecule has 3 nitrogen and oxygen atoms in total. The normalized spacial score (nSPS) is 13.7.